The smallest absolute Gasteiger partial charge is 0.251 e. The molecule has 0 saturated carbocycles. The molecule has 28 heavy (non-hydrogen) atoms. The highest BCUT2D eigenvalue weighted by molar-refractivity contribution is 5.91. The fourth-order valence-electron chi connectivity index (χ4n) is 3.56. The minimum absolute atomic E-state index is 0. The molecule has 1 amide bonds. The number of anilines is 2. The lowest BCUT2D eigenvalue weighted by atomic mass is 10.2. The Morgan fingerprint density at radius 3 is 2.68 bits per heavy atom. The molecule has 3 N–H and O–H groups in total. The molecule has 1 unspecified atom stereocenters. The van der Waals surface area contributed by atoms with Gasteiger partial charge in [0.2, 0.25) is 5.95 Å². The number of halogens is 1. The molecule has 1 atom stereocenters. The minimum atomic E-state index is -0.290. The van der Waals surface area contributed by atoms with Crippen molar-refractivity contribution in [3.8, 4) is 11.5 Å². The number of nitrogen functional groups attached to an aromatic ring is 1. The molecule has 152 valence electrons. The number of fused-ring (bicyclic) bond motifs is 1. The minimum Gasteiger partial charge on any atom is -0.504 e. The van der Waals surface area contributed by atoms with E-state index in [2.05, 4.69) is 9.97 Å². The number of piperazine rings is 1. The predicted octanol–water partition coefficient (Wildman–Crippen LogP) is 1.18. The third-order valence-corrected chi connectivity index (χ3v) is 5.09. The Morgan fingerprint density at radius 2 is 2.04 bits per heavy atom. The van der Waals surface area contributed by atoms with E-state index in [0.717, 1.165) is 12.8 Å². The van der Waals surface area contributed by atoms with Crippen molar-refractivity contribution in [1.29, 1.82) is 0 Å². The average Bonchev–Trinajstić information content (AvgIpc) is 3.22. The van der Waals surface area contributed by atoms with Gasteiger partial charge in [-0.05, 0) is 18.9 Å². The van der Waals surface area contributed by atoms with E-state index in [1.807, 2.05) is 9.80 Å². The Kier molecular flexibility index (Phi) is 5.95. The van der Waals surface area contributed by atoms with E-state index < -0.39 is 0 Å². The first-order valence-corrected chi connectivity index (χ1v) is 9.06. The maximum absolute atomic E-state index is 12.5. The summed E-state index contributed by atoms with van der Waals surface area (Å²) < 4.78 is 10.6. The molecular weight excluding hydrogens is 386 g/mol. The van der Waals surface area contributed by atoms with Crippen LogP contribution < -0.4 is 15.4 Å². The van der Waals surface area contributed by atoms with E-state index in [1.54, 1.807) is 6.07 Å². The van der Waals surface area contributed by atoms with Crippen LogP contribution in [-0.4, -0.2) is 71.9 Å². The monoisotopic (exact) mass is 409 g/mol. The molecule has 2 fully saturated rings. The Hall–Kier alpha value is -2.52. The van der Waals surface area contributed by atoms with Crippen molar-refractivity contribution in [2.24, 2.45) is 0 Å². The number of carbonyl (C=O) groups is 1. The Bertz CT molecular complexity index is 867. The molecule has 0 aliphatic carbocycles. The van der Waals surface area contributed by atoms with Crippen molar-refractivity contribution >= 4 is 41.0 Å². The Morgan fingerprint density at radius 1 is 1.29 bits per heavy atom. The highest BCUT2D eigenvalue weighted by Gasteiger charge is 2.31. The van der Waals surface area contributed by atoms with Crippen LogP contribution in [0.2, 0.25) is 0 Å². The van der Waals surface area contributed by atoms with Gasteiger partial charge in [0.15, 0.2) is 11.5 Å². The summed E-state index contributed by atoms with van der Waals surface area (Å²) >= 11 is 0. The number of methoxy groups -OCH3 is 1. The normalized spacial score (nSPS) is 19.5. The summed E-state index contributed by atoms with van der Waals surface area (Å²) in [6, 6.07) is 3.15. The molecule has 1 aromatic carbocycles. The van der Waals surface area contributed by atoms with Crippen LogP contribution in [0.25, 0.3) is 10.9 Å². The molecule has 0 radical (unpaired) electrons. The molecule has 2 aliphatic rings. The molecule has 1 aromatic heterocycles. The number of hydrogen-bond donors (Lipinski definition) is 2. The number of nitrogens with zero attached hydrogens (tertiary/aromatic N) is 4. The number of rotatable bonds is 3. The number of aromatic nitrogens is 2. The van der Waals surface area contributed by atoms with Gasteiger partial charge < -0.3 is 30.1 Å². The lowest BCUT2D eigenvalue weighted by Gasteiger charge is -2.35. The molecule has 10 heteroatoms. The predicted molar refractivity (Wildman–Crippen MR) is 107 cm³/mol. The molecule has 0 spiro atoms. The van der Waals surface area contributed by atoms with E-state index in [9.17, 15) is 9.90 Å². The second kappa shape index (κ2) is 8.24. The van der Waals surface area contributed by atoms with Gasteiger partial charge in [-0.1, -0.05) is 0 Å². The summed E-state index contributed by atoms with van der Waals surface area (Å²) in [5, 5.41) is 10.6. The third kappa shape index (κ3) is 3.72. The van der Waals surface area contributed by atoms with Crippen LogP contribution in [0.4, 0.5) is 11.8 Å². The van der Waals surface area contributed by atoms with E-state index >= 15 is 0 Å². The maximum atomic E-state index is 12.5. The number of amides is 1. The lowest BCUT2D eigenvalue weighted by molar-refractivity contribution is -0.141. The van der Waals surface area contributed by atoms with Gasteiger partial charge in [0.25, 0.3) is 5.91 Å². The summed E-state index contributed by atoms with van der Waals surface area (Å²) in [6.07, 6.45) is 1.45. The molecule has 3 heterocycles. The quantitative estimate of drug-likeness (QED) is 0.776. The zero-order valence-corrected chi connectivity index (χ0v) is 16.4. The number of ether oxygens (including phenoxy) is 2. The number of hydrogen-bond acceptors (Lipinski definition) is 8. The van der Waals surface area contributed by atoms with Crippen molar-refractivity contribution in [3.63, 3.8) is 0 Å². The van der Waals surface area contributed by atoms with Gasteiger partial charge in [-0.15, -0.1) is 12.4 Å². The van der Waals surface area contributed by atoms with Gasteiger partial charge in [-0.3, -0.25) is 4.79 Å². The number of phenols is 1. The number of nitrogens with two attached hydrogens (primary N) is 1. The first-order valence-electron chi connectivity index (χ1n) is 9.06. The Balaban J connectivity index is 0.00000225. The standard InChI is InChI=1S/C18H23N5O4.ClH/c1-26-15-9-11-12(10-13(15)24)20-18(21-16(11)19)23-6-4-22(5-7-23)17(25)14-3-2-8-27-14;/h9-10,14,24H,2-8H2,1H3,(H2,19,20,21);1H. The van der Waals surface area contributed by atoms with E-state index in [4.69, 9.17) is 15.2 Å². The number of aromatic hydroxyl groups is 1. The number of benzene rings is 1. The lowest BCUT2D eigenvalue weighted by Crippen LogP contribution is -2.51. The average molecular weight is 410 g/mol. The zero-order valence-electron chi connectivity index (χ0n) is 15.6. The van der Waals surface area contributed by atoms with Crippen LogP contribution in [-0.2, 0) is 9.53 Å². The van der Waals surface area contributed by atoms with E-state index in [1.165, 1.54) is 13.2 Å². The van der Waals surface area contributed by atoms with Gasteiger partial charge in [-0.2, -0.15) is 4.98 Å². The summed E-state index contributed by atoms with van der Waals surface area (Å²) in [5.74, 6) is 1.22. The van der Waals surface area contributed by atoms with E-state index in [-0.39, 0.29) is 30.2 Å². The molecule has 2 aliphatic heterocycles. The SMILES string of the molecule is COc1cc2c(N)nc(N3CCN(C(=O)C4CCCO4)CC3)nc2cc1O.Cl. The van der Waals surface area contributed by atoms with Gasteiger partial charge in [0.05, 0.1) is 12.6 Å². The van der Waals surface area contributed by atoms with Crippen molar-refractivity contribution in [2.75, 3.05) is 50.5 Å². The molecule has 0 bridgehead atoms. The molecule has 4 rings (SSSR count). The van der Waals surface area contributed by atoms with Crippen LogP contribution >= 0.6 is 12.4 Å². The largest absolute Gasteiger partial charge is 0.504 e. The van der Waals surface area contributed by atoms with Crippen LogP contribution in [0, 0.1) is 0 Å². The fraction of sp³-hybridized carbons (Fsp3) is 0.500. The summed E-state index contributed by atoms with van der Waals surface area (Å²) in [7, 11) is 1.48. The van der Waals surface area contributed by atoms with Crippen molar-refractivity contribution < 1.29 is 19.4 Å². The van der Waals surface area contributed by atoms with Gasteiger partial charge in [0.1, 0.15) is 11.9 Å². The second-order valence-corrected chi connectivity index (χ2v) is 6.76. The van der Waals surface area contributed by atoms with Crippen molar-refractivity contribution in [1.82, 2.24) is 14.9 Å². The van der Waals surface area contributed by atoms with Gasteiger partial charge >= 0.3 is 0 Å². The first kappa shape index (κ1) is 20.2. The first-order chi connectivity index (χ1) is 13.1. The van der Waals surface area contributed by atoms with Crippen LogP contribution in [0.3, 0.4) is 0 Å². The van der Waals surface area contributed by atoms with Crippen LogP contribution in [0.15, 0.2) is 12.1 Å². The molecule has 2 aromatic rings. The Labute approximate surface area is 168 Å². The van der Waals surface area contributed by atoms with Gasteiger partial charge in [-0.25, -0.2) is 4.98 Å². The zero-order chi connectivity index (χ0) is 19.0. The number of phenolic OH excluding ortho intramolecular Hbond substituents is 1. The molecular formula is C18H24ClN5O4. The van der Waals surface area contributed by atoms with Crippen LogP contribution in [0.1, 0.15) is 12.8 Å². The third-order valence-electron chi connectivity index (χ3n) is 5.09. The molecule has 9 nitrogen and oxygen atoms in total. The highest BCUT2D eigenvalue weighted by Crippen LogP contribution is 2.33. The second-order valence-electron chi connectivity index (χ2n) is 6.76. The van der Waals surface area contributed by atoms with Crippen molar-refractivity contribution in [3.05, 3.63) is 12.1 Å². The summed E-state index contributed by atoms with van der Waals surface area (Å²) in [4.78, 5) is 25.2. The number of carbonyl (C=O) groups excluding carboxylic acids is 1. The highest BCUT2D eigenvalue weighted by atomic mass is 35.5. The molecule has 2 saturated heterocycles. The maximum Gasteiger partial charge on any atom is 0.251 e. The van der Waals surface area contributed by atoms with Gasteiger partial charge in [0, 0.05) is 44.2 Å². The summed E-state index contributed by atoms with van der Waals surface area (Å²) in [5.41, 5.74) is 6.65. The van der Waals surface area contributed by atoms with Crippen molar-refractivity contribution in [2.45, 2.75) is 18.9 Å². The van der Waals surface area contributed by atoms with Crippen LogP contribution in [0.5, 0.6) is 11.5 Å². The fourth-order valence-corrected chi connectivity index (χ4v) is 3.56. The summed E-state index contributed by atoms with van der Waals surface area (Å²) in [6.45, 7) is 3.08. The topological polar surface area (TPSA) is 114 Å². The van der Waals surface area contributed by atoms with E-state index in [0.29, 0.717) is 61.2 Å².